The molecule has 1 aromatic rings. The molecule has 1 aliphatic heterocycles. The summed E-state index contributed by atoms with van der Waals surface area (Å²) in [7, 11) is 0. The fourth-order valence-electron chi connectivity index (χ4n) is 2.02. The zero-order valence-corrected chi connectivity index (χ0v) is 10.1. The maximum atomic E-state index is 13.0. The summed E-state index contributed by atoms with van der Waals surface area (Å²) in [5.74, 6) is -2.93. The minimum Gasteiger partial charge on any atom is -0.355 e. The van der Waals surface area contributed by atoms with Crippen LogP contribution in [-0.2, 0) is 10.7 Å². The SMILES string of the molecule is CC(F)(F)c1ccc([C@H]2CCC[C@H](C#N)O2)cn1. The van der Waals surface area contributed by atoms with Crippen molar-refractivity contribution in [3.8, 4) is 6.07 Å². The number of hydrogen-bond acceptors (Lipinski definition) is 3. The van der Waals surface area contributed by atoms with E-state index in [0.717, 1.165) is 31.7 Å². The van der Waals surface area contributed by atoms with Crippen molar-refractivity contribution in [1.29, 1.82) is 5.26 Å². The van der Waals surface area contributed by atoms with Gasteiger partial charge in [-0.3, -0.25) is 4.98 Å². The Morgan fingerprint density at radius 1 is 1.44 bits per heavy atom. The molecule has 2 atom stereocenters. The Hall–Kier alpha value is -1.54. The number of nitrogens with zero attached hydrogens (tertiary/aromatic N) is 2. The fourth-order valence-corrected chi connectivity index (χ4v) is 2.02. The predicted molar refractivity (Wildman–Crippen MR) is 60.9 cm³/mol. The molecule has 0 radical (unpaired) electrons. The highest BCUT2D eigenvalue weighted by Crippen LogP contribution is 2.32. The summed E-state index contributed by atoms with van der Waals surface area (Å²) in [6.07, 6.45) is 3.21. The summed E-state index contributed by atoms with van der Waals surface area (Å²) < 4.78 is 31.6. The van der Waals surface area contributed by atoms with E-state index >= 15 is 0 Å². The second kappa shape index (κ2) is 4.99. The molecule has 0 spiro atoms. The molecule has 0 bridgehead atoms. The van der Waals surface area contributed by atoms with Crippen LogP contribution in [-0.4, -0.2) is 11.1 Å². The van der Waals surface area contributed by atoms with E-state index in [4.69, 9.17) is 10.00 Å². The number of rotatable bonds is 2. The van der Waals surface area contributed by atoms with E-state index in [1.165, 1.54) is 12.3 Å². The first kappa shape index (κ1) is 12.9. The van der Waals surface area contributed by atoms with E-state index in [1.54, 1.807) is 6.07 Å². The van der Waals surface area contributed by atoms with Crippen LogP contribution in [0.2, 0.25) is 0 Å². The van der Waals surface area contributed by atoms with Crippen molar-refractivity contribution in [2.24, 2.45) is 0 Å². The van der Waals surface area contributed by atoms with Crippen molar-refractivity contribution in [2.75, 3.05) is 0 Å². The topological polar surface area (TPSA) is 45.9 Å². The molecule has 2 rings (SSSR count). The van der Waals surface area contributed by atoms with Gasteiger partial charge in [0.1, 0.15) is 11.8 Å². The number of ether oxygens (including phenoxy) is 1. The molecule has 0 aromatic carbocycles. The van der Waals surface area contributed by atoms with Crippen LogP contribution in [0.3, 0.4) is 0 Å². The smallest absolute Gasteiger partial charge is 0.286 e. The minimum atomic E-state index is -2.93. The lowest BCUT2D eigenvalue weighted by atomic mass is 9.99. The number of pyridine rings is 1. The van der Waals surface area contributed by atoms with Crippen molar-refractivity contribution in [2.45, 2.75) is 44.3 Å². The maximum Gasteiger partial charge on any atom is 0.286 e. The minimum absolute atomic E-state index is 0.213. The molecule has 1 aliphatic rings. The monoisotopic (exact) mass is 252 g/mol. The molecule has 5 heteroatoms. The molecule has 0 aliphatic carbocycles. The average molecular weight is 252 g/mol. The van der Waals surface area contributed by atoms with Gasteiger partial charge in [0.25, 0.3) is 5.92 Å². The molecule has 18 heavy (non-hydrogen) atoms. The van der Waals surface area contributed by atoms with Gasteiger partial charge in [0, 0.05) is 13.1 Å². The third-order valence-electron chi connectivity index (χ3n) is 3.01. The highest BCUT2D eigenvalue weighted by Gasteiger charge is 2.27. The van der Waals surface area contributed by atoms with Gasteiger partial charge in [-0.2, -0.15) is 14.0 Å². The van der Waals surface area contributed by atoms with E-state index in [9.17, 15) is 8.78 Å². The van der Waals surface area contributed by atoms with Crippen molar-refractivity contribution < 1.29 is 13.5 Å². The highest BCUT2D eigenvalue weighted by molar-refractivity contribution is 5.19. The van der Waals surface area contributed by atoms with Crippen molar-refractivity contribution in [3.05, 3.63) is 29.6 Å². The molecule has 0 amide bonds. The molecule has 1 aromatic heterocycles. The molecular formula is C13H14F2N2O. The van der Waals surface area contributed by atoms with E-state index in [0.29, 0.717) is 0 Å². The number of nitriles is 1. The van der Waals surface area contributed by atoms with Crippen LogP contribution in [0.4, 0.5) is 8.78 Å². The molecule has 96 valence electrons. The highest BCUT2D eigenvalue weighted by atomic mass is 19.3. The zero-order valence-electron chi connectivity index (χ0n) is 10.1. The van der Waals surface area contributed by atoms with Gasteiger partial charge in [-0.05, 0) is 30.9 Å². The number of aromatic nitrogens is 1. The molecule has 0 N–H and O–H groups in total. The van der Waals surface area contributed by atoms with Crippen LogP contribution >= 0.6 is 0 Å². The first-order valence-electron chi connectivity index (χ1n) is 5.90. The Balaban J connectivity index is 2.12. The van der Waals surface area contributed by atoms with Gasteiger partial charge in [-0.15, -0.1) is 0 Å². The Morgan fingerprint density at radius 3 is 2.78 bits per heavy atom. The summed E-state index contributed by atoms with van der Waals surface area (Å²) in [5.41, 5.74) is 0.502. The van der Waals surface area contributed by atoms with E-state index in [-0.39, 0.29) is 11.8 Å². The lowest BCUT2D eigenvalue weighted by Gasteiger charge is -2.26. The van der Waals surface area contributed by atoms with Gasteiger partial charge in [-0.1, -0.05) is 6.07 Å². The van der Waals surface area contributed by atoms with Crippen LogP contribution in [0.15, 0.2) is 18.3 Å². The number of hydrogen-bond donors (Lipinski definition) is 0. The molecule has 2 heterocycles. The molecular weight excluding hydrogens is 238 g/mol. The van der Waals surface area contributed by atoms with Gasteiger partial charge < -0.3 is 4.74 Å². The predicted octanol–water partition coefficient (Wildman–Crippen LogP) is 3.33. The zero-order chi connectivity index (χ0) is 13.2. The lowest BCUT2D eigenvalue weighted by molar-refractivity contribution is -0.0233. The molecule has 0 unspecified atom stereocenters. The average Bonchev–Trinajstić information content (AvgIpc) is 2.38. The van der Waals surface area contributed by atoms with Gasteiger partial charge >= 0.3 is 0 Å². The fraction of sp³-hybridized carbons (Fsp3) is 0.538. The lowest BCUT2D eigenvalue weighted by Crippen LogP contribution is -2.21. The van der Waals surface area contributed by atoms with Gasteiger partial charge in [-0.25, -0.2) is 0 Å². The molecule has 1 fully saturated rings. The van der Waals surface area contributed by atoms with Crippen LogP contribution in [0.25, 0.3) is 0 Å². The van der Waals surface area contributed by atoms with Crippen LogP contribution in [0, 0.1) is 11.3 Å². The largest absolute Gasteiger partial charge is 0.355 e. The van der Waals surface area contributed by atoms with Gasteiger partial charge in [0.15, 0.2) is 0 Å². The second-order valence-corrected chi connectivity index (χ2v) is 4.54. The molecule has 3 nitrogen and oxygen atoms in total. The third kappa shape index (κ3) is 2.82. The first-order chi connectivity index (χ1) is 8.50. The summed E-state index contributed by atoms with van der Waals surface area (Å²) in [4.78, 5) is 3.76. The Morgan fingerprint density at radius 2 is 2.22 bits per heavy atom. The standard InChI is InChI=1S/C13H14F2N2O/c1-13(14,15)12-6-5-9(8-17-12)11-4-2-3-10(7-16)18-11/h5-6,8,10-11H,2-4H2,1H3/t10-,11-/m1/s1. The molecule has 1 saturated heterocycles. The summed E-state index contributed by atoms with van der Waals surface area (Å²) in [5, 5.41) is 8.82. The van der Waals surface area contributed by atoms with E-state index in [1.807, 2.05) is 0 Å². The summed E-state index contributed by atoms with van der Waals surface area (Å²) >= 11 is 0. The van der Waals surface area contributed by atoms with Crippen LogP contribution in [0.5, 0.6) is 0 Å². The maximum absolute atomic E-state index is 13.0. The van der Waals surface area contributed by atoms with Crippen molar-refractivity contribution >= 4 is 0 Å². The Bertz CT molecular complexity index is 448. The Kier molecular flexibility index (Phi) is 3.58. The van der Waals surface area contributed by atoms with Crippen molar-refractivity contribution in [3.63, 3.8) is 0 Å². The van der Waals surface area contributed by atoms with Crippen LogP contribution < -0.4 is 0 Å². The number of alkyl halides is 2. The van der Waals surface area contributed by atoms with Crippen molar-refractivity contribution in [1.82, 2.24) is 4.98 Å². The van der Waals surface area contributed by atoms with Gasteiger partial charge in [0.2, 0.25) is 0 Å². The quantitative estimate of drug-likeness (QED) is 0.811. The molecule has 0 saturated carbocycles. The van der Waals surface area contributed by atoms with Gasteiger partial charge in [0.05, 0.1) is 12.2 Å². The van der Waals surface area contributed by atoms with E-state index in [2.05, 4.69) is 11.1 Å². The second-order valence-electron chi connectivity index (χ2n) is 4.54. The van der Waals surface area contributed by atoms with Crippen LogP contribution in [0.1, 0.15) is 43.5 Å². The summed E-state index contributed by atoms with van der Waals surface area (Å²) in [6, 6.07) is 4.99. The summed E-state index contributed by atoms with van der Waals surface area (Å²) in [6.45, 7) is 0.817. The van der Waals surface area contributed by atoms with E-state index < -0.39 is 12.0 Å². The first-order valence-corrected chi connectivity index (χ1v) is 5.90. The third-order valence-corrected chi connectivity index (χ3v) is 3.01. The Labute approximate surface area is 104 Å². The normalized spacial score (nSPS) is 24.6. The number of halogens is 2.